The SMILES string of the molecule is CCC(NC)c1c(C)nn(Cc2ccc(I)cc2)c1C. The van der Waals surface area contributed by atoms with Crippen LogP contribution in [0.4, 0.5) is 0 Å². The highest BCUT2D eigenvalue weighted by Crippen LogP contribution is 2.24. The molecule has 3 nitrogen and oxygen atoms in total. The molecule has 0 saturated heterocycles. The Bertz CT molecular complexity index is 568. The van der Waals surface area contributed by atoms with Crippen molar-refractivity contribution in [3.63, 3.8) is 0 Å². The number of hydrogen-bond acceptors (Lipinski definition) is 2. The van der Waals surface area contributed by atoms with Crippen molar-refractivity contribution in [1.29, 1.82) is 0 Å². The molecule has 0 aliphatic heterocycles. The van der Waals surface area contributed by atoms with Crippen molar-refractivity contribution in [2.45, 2.75) is 39.8 Å². The summed E-state index contributed by atoms with van der Waals surface area (Å²) < 4.78 is 3.38. The van der Waals surface area contributed by atoms with Gasteiger partial charge in [-0.15, -0.1) is 0 Å². The molecule has 1 aromatic carbocycles. The molecule has 0 spiro atoms. The van der Waals surface area contributed by atoms with E-state index in [-0.39, 0.29) is 0 Å². The van der Waals surface area contributed by atoms with Crippen LogP contribution in [-0.4, -0.2) is 16.8 Å². The number of aryl methyl sites for hydroxylation is 1. The number of nitrogens with one attached hydrogen (secondary N) is 1. The monoisotopic (exact) mass is 383 g/mol. The van der Waals surface area contributed by atoms with Gasteiger partial charge in [-0.05, 0) is 67.6 Å². The predicted molar refractivity (Wildman–Crippen MR) is 92.1 cm³/mol. The number of rotatable bonds is 5. The van der Waals surface area contributed by atoms with Gasteiger partial charge in [-0.25, -0.2) is 0 Å². The molecule has 2 aromatic rings. The Hall–Kier alpha value is -0.880. The zero-order valence-electron chi connectivity index (χ0n) is 12.6. The van der Waals surface area contributed by atoms with Crippen LogP contribution in [0, 0.1) is 17.4 Å². The van der Waals surface area contributed by atoms with Gasteiger partial charge in [0.05, 0.1) is 12.2 Å². The number of hydrogen-bond donors (Lipinski definition) is 1. The smallest absolute Gasteiger partial charge is 0.0662 e. The molecule has 1 aromatic heterocycles. The fourth-order valence-corrected chi connectivity index (χ4v) is 3.04. The van der Waals surface area contributed by atoms with Gasteiger partial charge < -0.3 is 5.32 Å². The van der Waals surface area contributed by atoms with Crippen LogP contribution in [-0.2, 0) is 6.54 Å². The molecule has 0 fully saturated rings. The van der Waals surface area contributed by atoms with Crippen molar-refractivity contribution in [2.75, 3.05) is 7.05 Å². The maximum Gasteiger partial charge on any atom is 0.0662 e. The normalized spacial score (nSPS) is 12.7. The van der Waals surface area contributed by atoms with Crippen LogP contribution in [0.25, 0.3) is 0 Å². The highest BCUT2D eigenvalue weighted by atomic mass is 127. The molecule has 1 heterocycles. The first-order valence-electron chi connectivity index (χ1n) is 7.02. The van der Waals surface area contributed by atoms with Gasteiger partial charge in [0.1, 0.15) is 0 Å². The van der Waals surface area contributed by atoms with Crippen molar-refractivity contribution in [2.24, 2.45) is 0 Å². The molecule has 1 unspecified atom stereocenters. The minimum absolute atomic E-state index is 0.389. The lowest BCUT2D eigenvalue weighted by molar-refractivity contribution is 0.568. The number of benzene rings is 1. The van der Waals surface area contributed by atoms with Crippen LogP contribution >= 0.6 is 22.6 Å². The van der Waals surface area contributed by atoms with Gasteiger partial charge >= 0.3 is 0 Å². The second-order valence-corrected chi connectivity index (χ2v) is 6.36. The first-order chi connectivity index (χ1) is 9.56. The van der Waals surface area contributed by atoms with Crippen LogP contribution < -0.4 is 5.32 Å². The first-order valence-corrected chi connectivity index (χ1v) is 8.10. The average Bonchev–Trinajstić information content (AvgIpc) is 2.71. The molecule has 2 rings (SSSR count). The maximum absolute atomic E-state index is 4.72. The third-order valence-corrected chi connectivity index (χ3v) is 4.51. The van der Waals surface area contributed by atoms with Crippen LogP contribution in [0.15, 0.2) is 24.3 Å². The largest absolute Gasteiger partial charge is 0.313 e. The van der Waals surface area contributed by atoms with E-state index in [0.717, 1.165) is 18.7 Å². The number of nitrogens with zero attached hydrogens (tertiary/aromatic N) is 2. The van der Waals surface area contributed by atoms with Gasteiger partial charge in [0.15, 0.2) is 0 Å². The summed E-state index contributed by atoms with van der Waals surface area (Å²) >= 11 is 2.33. The topological polar surface area (TPSA) is 29.9 Å². The van der Waals surface area contributed by atoms with E-state index in [9.17, 15) is 0 Å². The van der Waals surface area contributed by atoms with Crippen LogP contribution in [0.2, 0.25) is 0 Å². The van der Waals surface area contributed by atoms with E-state index >= 15 is 0 Å². The zero-order chi connectivity index (χ0) is 14.7. The van der Waals surface area contributed by atoms with E-state index in [0.29, 0.717) is 6.04 Å². The van der Waals surface area contributed by atoms with E-state index in [1.807, 2.05) is 7.05 Å². The van der Waals surface area contributed by atoms with Crippen molar-refractivity contribution in [3.8, 4) is 0 Å². The Morgan fingerprint density at radius 1 is 1.25 bits per heavy atom. The Morgan fingerprint density at radius 2 is 1.90 bits per heavy atom. The molecule has 108 valence electrons. The standard InChI is InChI=1S/C16H22IN3/c1-5-15(18-4)16-11(2)19-20(12(16)3)10-13-6-8-14(17)9-7-13/h6-9,15,18H,5,10H2,1-4H3. The molecule has 4 heteroatoms. The fraction of sp³-hybridized carbons (Fsp3) is 0.438. The predicted octanol–water partition coefficient (Wildman–Crippen LogP) is 3.82. The Morgan fingerprint density at radius 3 is 2.45 bits per heavy atom. The summed E-state index contributed by atoms with van der Waals surface area (Å²) in [5, 5.41) is 8.10. The summed E-state index contributed by atoms with van der Waals surface area (Å²) in [6.45, 7) is 7.31. The van der Waals surface area contributed by atoms with E-state index in [1.54, 1.807) is 0 Å². The van der Waals surface area contributed by atoms with Gasteiger partial charge in [0.25, 0.3) is 0 Å². The minimum Gasteiger partial charge on any atom is -0.313 e. The van der Waals surface area contributed by atoms with Gasteiger partial charge in [-0.3, -0.25) is 4.68 Å². The van der Waals surface area contributed by atoms with E-state index in [1.165, 1.54) is 20.4 Å². The third kappa shape index (κ3) is 3.23. The van der Waals surface area contributed by atoms with E-state index in [2.05, 4.69) is 77.6 Å². The highest BCUT2D eigenvalue weighted by molar-refractivity contribution is 14.1. The fourth-order valence-electron chi connectivity index (χ4n) is 2.68. The van der Waals surface area contributed by atoms with Crippen LogP contribution in [0.5, 0.6) is 0 Å². The molecule has 0 aliphatic carbocycles. The summed E-state index contributed by atoms with van der Waals surface area (Å²) in [5.74, 6) is 0. The molecule has 20 heavy (non-hydrogen) atoms. The van der Waals surface area contributed by atoms with E-state index in [4.69, 9.17) is 5.10 Å². The van der Waals surface area contributed by atoms with Crippen molar-refractivity contribution in [1.82, 2.24) is 15.1 Å². The molecule has 0 saturated carbocycles. The lowest BCUT2D eigenvalue weighted by atomic mass is 10.0. The molecule has 0 bridgehead atoms. The van der Waals surface area contributed by atoms with Crippen molar-refractivity contribution < 1.29 is 0 Å². The van der Waals surface area contributed by atoms with Gasteiger partial charge in [0, 0.05) is 20.9 Å². The molecule has 0 aliphatic rings. The molecule has 0 radical (unpaired) electrons. The van der Waals surface area contributed by atoms with Gasteiger partial charge in [-0.2, -0.15) is 5.10 Å². The lowest BCUT2D eigenvalue weighted by Gasteiger charge is -2.15. The minimum atomic E-state index is 0.389. The summed E-state index contributed by atoms with van der Waals surface area (Å²) in [6, 6.07) is 9.02. The summed E-state index contributed by atoms with van der Waals surface area (Å²) in [7, 11) is 2.02. The zero-order valence-corrected chi connectivity index (χ0v) is 14.7. The highest BCUT2D eigenvalue weighted by Gasteiger charge is 2.18. The van der Waals surface area contributed by atoms with Gasteiger partial charge in [-0.1, -0.05) is 19.1 Å². The second kappa shape index (κ2) is 6.72. The van der Waals surface area contributed by atoms with Crippen molar-refractivity contribution >= 4 is 22.6 Å². The summed E-state index contributed by atoms with van der Waals surface area (Å²) in [6.07, 6.45) is 1.08. The van der Waals surface area contributed by atoms with E-state index < -0.39 is 0 Å². The Kier molecular flexibility index (Phi) is 5.21. The van der Waals surface area contributed by atoms with Crippen molar-refractivity contribution in [3.05, 3.63) is 50.4 Å². The molecule has 0 amide bonds. The molecule has 1 atom stereocenters. The molecule has 1 N–H and O–H groups in total. The van der Waals surface area contributed by atoms with Gasteiger partial charge in [0.2, 0.25) is 0 Å². The third-order valence-electron chi connectivity index (χ3n) is 3.79. The average molecular weight is 383 g/mol. The van der Waals surface area contributed by atoms with Crippen LogP contribution in [0.3, 0.4) is 0 Å². The first kappa shape index (κ1) is 15.5. The molecular formula is C16H22IN3. The number of halogens is 1. The quantitative estimate of drug-likeness (QED) is 0.796. The second-order valence-electron chi connectivity index (χ2n) is 5.12. The Balaban J connectivity index is 2.29. The Labute approximate surface area is 134 Å². The summed E-state index contributed by atoms with van der Waals surface area (Å²) in [4.78, 5) is 0. The maximum atomic E-state index is 4.72. The van der Waals surface area contributed by atoms with Crippen LogP contribution in [0.1, 0.15) is 41.9 Å². The summed E-state index contributed by atoms with van der Waals surface area (Å²) in [5.41, 5.74) is 5.04. The molecular weight excluding hydrogens is 361 g/mol. The lowest BCUT2D eigenvalue weighted by Crippen LogP contribution is -2.17. The number of aromatic nitrogens is 2.